The topological polar surface area (TPSA) is 86.4 Å². The minimum atomic E-state index is -0.313. The Morgan fingerprint density at radius 1 is 1.08 bits per heavy atom. The van der Waals surface area contributed by atoms with Crippen molar-refractivity contribution < 1.29 is 9.59 Å². The zero-order valence-corrected chi connectivity index (χ0v) is 14.8. The van der Waals surface area contributed by atoms with Crippen molar-refractivity contribution in [3.05, 3.63) is 40.4 Å². The van der Waals surface area contributed by atoms with Gasteiger partial charge in [0.05, 0.1) is 10.9 Å². The fourth-order valence-corrected chi connectivity index (χ4v) is 3.44. The number of nitrogens with one attached hydrogen (secondary N) is 1. The third kappa shape index (κ3) is 2.98. The lowest BCUT2D eigenvalue weighted by molar-refractivity contribution is -0.136. The lowest BCUT2D eigenvalue weighted by atomic mass is 10.1. The maximum absolute atomic E-state index is 12.8. The number of aromatic amines is 1. The van der Waals surface area contributed by atoms with E-state index < -0.39 is 0 Å². The van der Waals surface area contributed by atoms with E-state index in [1.54, 1.807) is 29.2 Å². The van der Waals surface area contributed by atoms with E-state index in [0.29, 0.717) is 37.1 Å². The van der Waals surface area contributed by atoms with E-state index in [4.69, 9.17) is 0 Å². The highest BCUT2D eigenvalue weighted by Crippen LogP contribution is 2.46. The van der Waals surface area contributed by atoms with E-state index in [9.17, 15) is 14.4 Å². The molecule has 0 unspecified atom stereocenters. The molecule has 0 atom stereocenters. The summed E-state index contributed by atoms with van der Waals surface area (Å²) in [6.45, 7) is 4.21. The molecule has 1 aromatic heterocycles. The molecule has 2 amide bonds. The Hall–Kier alpha value is -2.70. The molecule has 1 aromatic carbocycles. The van der Waals surface area contributed by atoms with Crippen LogP contribution in [0.5, 0.6) is 0 Å². The van der Waals surface area contributed by atoms with Crippen LogP contribution >= 0.6 is 0 Å². The largest absolute Gasteiger partial charge is 0.340 e. The smallest absolute Gasteiger partial charge is 0.289 e. The van der Waals surface area contributed by atoms with Gasteiger partial charge < -0.3 is 14.8 Å². The van der Waals surface area contributed by atoms with Crippen molar-refractivity contribution in [2.45, 2.75) is 26.2 Å². The van der Waals surface area contributed by atoms with Crippen LogP contribution in [0.1, 0.15) is 36.8 Å². The summed E-state index contributed by atoms with van der Waals surface area (Å²) in [4.78, 5) is 48.0. The monoisotopic (exact) mass is 354 g/mol. The molecule has 0 radical (unpaired) electrons. The van der Waals surface area contributed by atoms with Crippen LogP contribution in [0, 0.1) is 5.41 Å². The third-order valence-electron chi connectivity index (χ3n) is 5.40. The number of amides is 2. The van der Waals surface area contributed by atoms with E-state index in [1.807, 2.05) is 11.8 Å². The molecule has 0 bridgehead atoms. The number of para-hydroxylation sites is 1. The van der Waals surface area contributed by atoms with E-state index >= 15 is 0 Å². The second-order valence-electron chi connectivity index (χ2n) is 7.43. The zero-order chi connectivity index (χ0) is 18.3. The molecule has 0 spiro atoms. The SMILES string of the molecule is CC1(C(=O)N2CCCN(C(=O)c3nc4ccccc4c(=O)[nH]3)CC2)CC1. The Bertz CT molecular complexity index is 932. The number of hydrogen-bond donors (Lipinski definition) is 1. The van der Waals surface area contributed by atoms with Crippen LogP contribution in [0.3, 0.4) is 0 Å². The molecular weight excluding hydrogens is 332 g/mol. The van der Waals surface area contributed by atoms with Gasteiger partial charge in [-0.1, -0.05) is 19.1 Å². The molecule has 1 N–H and O–H groups in total. The highest BCUT2D eigenvalue weighted by molar-refractivity contribution is 5.92. The van der Waals surface area contributed by atoms with Gasteiger partial charge in [0.25, 0.3) is 11.5 Å². The average Bonchev–Trinajstić information content (AvgIpc) is 3.43. The van der Waals surface area contributed by atoms with Crippen LogP contribution in [-0.4, -0.2) is 57.8 Å². The molecule has 136 valence electrons. The number of fused-ring (bicyclic) bond motifs is 1. The Morgan fingerprint density at radius 2 is 1.77 bits per heavy atom. The van der Waals surface area contributed by atoms with E-state index in [2.05, 4.69) is 9.97 Å². The molecule has 2 aromatic rings. The van der Waals surface area contributed by atoms with Crippen LogP contribution in [0.15, 0.2) is 29.1 Å². The average molecular weight is 354 g/mol. The number of carbonyl (C=O) groups is 2. The first-order valence-electron chi connectivity index (χ1n) is 9.06. The first-order chi connectivity index (χ1) is 12.5. The minimum Gasteiger partial charge on any atom is -0.340 e. The second kappa shape index (κ2) is 6.23. The Labute approximate surface area is 151 Å². The summed E-state index contributed by atoms with van der Waals surface area (Å²) in [6, 6.07) is 6.96. The van der Waals surface area contributed by atoms with Crippen LogP contribution in [-0.2, 0) is 4.79 Å². The van der Waals surface area contributed by atoms with Gasteiger partial charge in [0.1, 0.15) is 0 Å². The fraction of sp³-hybridized carbons (Fsp3) is 0.474. The highest BCUT2D eigenvalue weighted by Gasteiger charge is 2.47. The van der Waals surface area contributed by atoms with Gasteiger partial charge in [-0.25, -0.2) is 4.98 Å². The third-order valence-corrected chi connectivity index (χ3v) is 5.40. The Morgan fingerprint density at radius 3 is 2.54 bits per heavy atom. The molecule has 1 saturated carbocycles. The molecule has 1 saturated heterocycles. The van der Waals surface area contributed by atoms with Gasteiger partial charge in [0.2, 0.25) is 5.91 Å². The summed E-state index contributed by atoms with van der Waals surface area (Å²) in [6.07, 6.45) is 2.63. The standard InChI is InChI=1S/C19H22N4O3/c1-19(7-8-19)18(26)23-10-4-9-22(11-12-23)17(25)15-20-14-6-3-2-5-13(14)16(24)21-15/h2-3,5-6H,4,7-12H2,1H3,(H,20,21,24). The molecule has 4 rings (SSSR count). The Kier molecular flexibility index (Phi) is 4.01. The maximum atomic E-state index is 12.8. The molecule has 2 heterocycles. The molecule has 26 heavy (non-hydrogen) atoms. The van der Waals surface area contributed by atoms with Crippen molar-refractivity contribution >= 4 is 22.7 Å². The van der Waals surface area contributed by atoms with Crippen molar-refractivity contribution in [2.75, 3.05) is 26.2 Å². The summed E-state index contributed by atoms with van der Waals surface area (Å²) in [7, 11) is 0. The first kappa shape index (κ1) is 16.8. The van der Waals surface area contributed by atoms with Gasteiger partial charge in [-0.05, 0) is 31.4 Å². The number of hydrogen-bond acceptors (Lipinski definition) is 4. The molecule has 7 heteroatoms. The lowest BCUT2D eigenvalue weighted by Gasteiger charge is -2.24. The molecule has 2 aliphatic rings. The number of carbonyl (C=O) groups excluding carboxylic acids is 2. The van der Waals surface area contributed by atoms with Gasteiger partial charge in [-0.2, -0.15) is 0 Å². The summed E-state index contributed by atoms with van der Waals surface area (Å²) >= 11 is 0. The summed E-state index contributed by atoms with van der Waals surface area (Å²) in [5.74, 6) is -0.0357. The number of nitrogens with zero attached hydrogens (tertiary/aromatic N) is 3. The summed E-state index contributed by atoms with van der Waals surface area (Å²) in [5.41, 5.74) is 0.00439. The highest BCUT2D eigenvalue weighted by atomic mass is 16.2. The van der Waals surface area contributed by atoms with Crippen LogP contribution < -0.4 is 5.56 Å². The van der Waals surface area contributed by atoms with Crippen LogP contribution in [0.25, 0.3) is 10.9 Å². The molecule has 2 fully saturated rings. The van der Waals surface area contributed by atoms with E-state index in [-0.39, 0.29) is 28.6 Å². The van der Waals surface area contributed by atoms with Crippen molar-refractivity contribution in [1.82, 2.24) is 19.8 Å². The van der Waals surface area contributed by atoms with Gasteiger partial charge in [-0.15, -0.1) is 0 Å². The number of benzene rings is 1. The zero-order valence-electron chi connectivity index (χ0n) is 14.8. The summed E-state index contributed by atoms with van der Waals surface area (Å²) < 4.78 is 0. The number of rotatable bonds is 2. The predicted molar refractivity (Wildman–Crippen MR) is 96.8 cm³/mol. The molecule has 7 nitrogen and oxygen atoms in total. The van der Waals surface area contributed by atoms with Gasteiger partial charge in [0, 0.05) is 31.6 Å². The molecule has 1 aliphatic heterocycles. The number of H-pyrrole nitrogens is 1. The molecular formula is C19H22N4O3. The quantitative estimate of drug-likeness (QED) is 0.883. The van der Waals surface area contributed by atoms with Crippen LogP contribution in [0.2, 0.25) is 0 Å². The summed E-state index contributed by atoms with van der Waals surface area (Å²) in [5, 5.41) is 0.467. The predicted octanol–water partition coefficient (Wildman–Crippen LogP) is 1.40. The van der Waals surface area contributed by atoms with E-state index in [1.165, 1.54) is 0 Å². The van der Waals surface area contributed by atoms with Crippen molar-refractivity contribution in [3.63, 3.8) is 0 Å². The van der Waals surface area contributed by atoms with Crippen molar-refractivity contribution in [1.29, 1.82) is 0 Å². The van der Waals surface area contributed by atoms with Gasteiger partial charge >= 0.3 is 0 Å². The normalized spacial score (nSPS) is 19.3. The Balaban J connectivity index is 1.52. The van der Waals surface area contributed by atoms with Gasteiger partial charge in [-0.3, -0.25) is 14.4 Å². The fourth-order valence-electron chi connectivity index (χ4n) is 3.44. The van der Waals surface area contributed by atoms with Crippen LogP contribution in [0.4, 0.5) is 0 Å². The molecule has 1 aliphatic carbocycles. The first-order valence-corrected chi connectivity index (χ1v) is 9.06. The minimum absolute atomic E-state index is 0.0580. The lowest BCUT2D eigenvalue weighted by Crippen LogP contribution is -2.40. The van der Waals surface area contributed by atoms with E-state index in [0.717, 1.165) is 19.3 Å². The van der Waals surface area contributed by atoms with Crippen molar-refractivity contribution in [2.24, 2.45) is 5.41 Å². The second-order valence-corrected chi connectivity index (χ2v) is 7.43. The number of aromatic nitrogens is 2. The van der Waals surface area contributed by atoms with Gasteiger partial charge in [0.15, 0.2) is 5.82 Å². The maximum Gasteiger partial charge on any atom is 0.289 e. The van der Waals surface area contributed by atoms with Crippen molar-refractivity contribution in [3.8, 4) is 0 Å².